The lowest BCUT2D eigenvalue weighted by atomic mass is 9.95. The van der Waals surface area contributed by atoms with Crippen molar-refractivity contribution in [3.8, 4) is 0 Å². The average molecular weight is 368 g/mol. The Morgan fingerprint density at radius 2 is 2.00 bits per heavy atom. The van der Waals surface area contributed by atoms with E-state index in [9.17, 15) is 14.0 Å². The van der Waals surface area contributed by atoms with Gasteiger partial charge in [-0.25, -0.2) is 4.39 Å². The number of nitrogens with zero attached hydrogens (tertiary/aromatic N) is 2. The van der Waals surface area contributed by atoms with Gasteiger partial charge in [-0.3, -0.25) is 9.69 Å². The zero-order valence-corrected chi connectivity index (χ0v) is 15.6. The van der Waals surface area contributed by atoms with Gasteiger partial charge in [0, 0.05) is 30.9 Å². The van der Waals surface area contributed by atoms with Crippen molar-refractivity contribution in [3.05, 3.63) is 66.0 Å². The van der Waals surface area contributed by atoms with Crippen molar-refractivity contribution in [1.82, 2.24) is 4.90 Å². The number of carbonyl (C=O) groups is 2. The molecule has 0 aliphatic carbocycles. The van der Waals surface area contributed by atoms with Gasteiger partial charge in [-0.05, 0) is 43.5 Å². The molecular weight excluding hydrogens is 343 g/mol. The first-order valence-electron chi connectivity index (χ1n) is 9.37. The maximum atomic E-state index is 13.7. The number of hydrogen-bond acceptors (Lipinski definition) is 3. The molecule has 0 radical (unpaired) electrons. The fourth-order valence-corrected chi connectivity index (χ4v) is 3.84. The van der Waals surface area contributed by atoms with Crippen LogP contribution in [0.2, 0.25) is 0 Å². The number of rotatable bonds is 6. The number of amides is 1. The SMILES string of the molecule is C[C@H]1C[C@H](N(C(=O)CC=O)c2cccc(F)c2)CCN1Cc1ccccc1. The Labute approximate surface area is 159 Å². The fraction of sp³-hybridized carbons (Fsp3) is 0.364. The van der Waals surface area contributed by atoms with Crippen LogP contribution >= 0.6 is 0 Å². The van der Waals surface area contributed by atoms with Gasteiger partial charge in [0.25, 0.3) is 0 Å². The lowest BCUT2D eigenvalue weighted by Crippen LogP contribution is -2.50. The molecule has 1 saturated heterocycles. The molecule has 1 aliphatic rings. The highest BCUT2D eigenvalue weighted by molar-refractivity contribution is 6.00. The Balaban J connectivity index is 1.75. The summed E-state index contributed by atoms with van der Waals surface area (Å²) in [6.45, 7) is 3.88. The van der Waals surface area contributed by atoms with Crippen LogP contribution in [0.3, 0.4) is 0 Å². The van der Waals surface area contributed by atoms with Crippen LogP contribution in [-0.2, 0) is 16.1 Å². The summed E-state index contributed by atoms with van der Waals surface area (Å²) >= 11 is 0. The molecule has 0 spiro atoms. The zero-order valence-electron chi connectivity index (χ0n) is 15.6. The van der Waals surface area contributed by atoms with Crippen molar-refractivity contribution in [3.63, 3.8) is 0 Å². The molecule has 1 fully saturated rings. The van der Waals surface area contributed by atoms with Gasteiger partial charge in [0.1, 0.15) is 12.1 Å². The topological polar surface area (TPSA) is 40.6 Å². The molecule has 4 nitrogen and oxygen atoms in total. The summed E-state index contributed by atoms with van der Waals surface area (Å²) in [4.78, 5) is 27.5. The normalized spacial score (nSPS) is 20.2. The summed E-state index contributed by atoms with van der Waals surface area (Å²) in [7, 11) is 0. The molecule has 0 unspecified atom stereocenters. The van der Waals surface area contributed by atoms with E-state index in [2.05, 4.69) is 24.0 Å². The minimum Gasteiger partial charge on any atom is -0.309 e. The first kappa shape index (κ1) is 19.2. The lowest BCUT2D eigenvalue weighted by molar-refractivity contribution is -0.122. The minimum atomic E-state index is -0.383. The molecule has 5 heteroatoms. The highest BCUT2D eigenvalue weighted by Gasteiger charge is 2.32. The van der Waals surface area contributed by atoms with E-state index in [0.717, 1.165) is 25.9 Å². The second kappa shape index (κ2) is 8.91. The van der Waals surface area contributed by atoms with Gasteiger partial charge in [-0.15, -0.1) is 0 Å². The number of likely N-dealkylation sites (tertiary alicyclic amines) is 1. The number of piperidine rings is 1. The summed E-state index contributed by atoms with van der Waals surface area (Å²) in [5, 5.41) is 0. The molecule has 0 aromatic heterocycles. The average Bonchev–Trinajstić information content (AvgIpc) is 2.65. The predicted octanol–water partition coefficient (Wildman–Crippen LogP) is 3.80. The van der Waals surface area contributed by atoms with Gasteiger partial charge in [-0.2, -0.15) is 0 Å². The van der Waals surface area contributed by atoms with Crippen LogP contribution < -0.4 is 4.90 Å². The second-order valence-electron chi connectivity index (χ2n) is 7.10. The Kier molecular flexibility index (Phi) is 6.35. The number of benzene rings is 2. The molecule has 0 saturated carbocycles. The Hall–Kier alpha value is -2.53. The van der Waals surface area contributed by atoms with E-state index in [1.54, 1.807) is 17.0 Å². The van der Waals surface area contributed by atoms with E-state index < -0.39 is 0 Å². The molecule has 1 amide bonds. The number of carbonyl (C=O) groups excluding carboxylic acids is 2. The molecule has 2 atom stereocenters. The van der Waals surface area contributed by atoms with Crippen molar-refractivity contribution in [2.24, 2.45) is 0 Å². The fourth-order valence-electron chi connectivity index (χ4n) is 3.84. The number of halogens is 1. The standard InChI is InChI=1S/C22H25FN2O2/c1-17-14-21(10-12-24(17)16-18-6-3-2-4-7-18)25(22(27)11-13-26)20-9-5-8-19(23)15-20/h2-9,13,15,17,21H,10-12,14,16H2,1H3/t17-,21+/m0/s1. The Bertz CT molecular complexity index is 781. The molecule has 0 N–H and O–H groups in total. The van der Waals surface area contributed by atoms with Crippen LogP contribution in [0.5, 0.6) is 0 Å². The molecule has 1 heterocycles. The smallest absolute Gasteiger partial charge is 0.234 e. The van der Waals surface area contributed by atoms with E-state index in [0.29, 0.717) is 12.0 Å². The molecule has 27 heavy (non-hydrogen) atoms. The third-order valence-corrected chi connectivity index (χ3v) is 5.19. The number of anilines is 1. The highest BCUT2D eigenvalue weighted by Crippen LogP contribution is 2.28. The van der Waals surface area contributed by atoms with Crippen LogP contribution in [0.25, 0.3) is 0 Å². The third-order valence-electron chi connectivity index (χ3n) is 5.19. The highest BCUT2D eigenvalue weighted by atomic mass is 19.1. The molecule has 2 aromatic rings. The minimum absolute atomic E-state index is 0.0405. The Morgan fingerprint density at radius 3 is 2.67 bits per heavy atom. The van der Waals surface area contributed by atoms with Gasteiger partial charge >= 0.3 is 0 Å². The van der Waals surface area contributed by atoms with Gasteiger partial charge < -0.3 is 9.69 Å². The van der Waals surface area contributed by atoms with Crippen molar-refractivity contribution in [2.75, 3.05) is 11.4 Å². The molecular formula is C22H25FN2O2. The van der Waals surface area contributed by atoms with E-state index in [4.69, 9.17) is 0 Å². The van der Waals surface area contributed by atoms with E-state index in [-0.39, 0.29) is 30.2 Å². The number of aldehydes is 1. The monoisotopic (exact) mass is 368 g/mol. The van der Waals surface area contributed by atoms with Crippen LogP contribution in [0.15, 0.2) is 54.6 Å². The maximum Gasteiger partial charge on any atom is 0.234 e. The largest absolute Gasteiger partial charge is 0.309 e. The van der Waals surface area contributed by atoms with Crippen molar-refractivity contribution < 1.29 is 14.0 Å². The first-order chi connectivity index (χ1) is 13.1. The number of hydrogen-bond donors (Lipinski definition) is 0. The van der Waals surface area contributed by atoms with Crippen molar-refractivity contribution >= 4 is 17.9 Å². The van der Waals surface area contributed by atoms with Gasteiger partial charge in [0.15, 0.2) is 0 Å². The molecule has 142 valence electrons. The summed E-state index contributed by atoms with van der Waals surface area (Å²) < 4.78 is 13.7. The zero-order chi connectivity index (χ0) is 19.2. The van der Waals surface area contributed by atoms with Crippen molar-refractivity contribution in [2.45, 2.75) is 44.8 Å². The van der Waals surface area contributed by atoms with Crippen LogP contribution in [0, 0.1) is 5.82 Å². The summed E-state index contributed by atoms with van der Waals surface area (Å²) in [5.74, 6) is -0.657. The van der Waals surface area contributed by atoms with Crippen LogP contribution in [-0.4, -0.2) is 35.7 Å². The van der Waals surface area contributed by atoms with E-state index in [1.807, 2.05) is 18.2 Å². The van der Waals surface area contributed by atoms with E-state index >= 15 is 0 Å². The van der Waals surface area contributed by atoms with Crippen LogP contribution in [0.1, 0.15) is 31.7 Å². The van der Waals surface area contributed by atoms with Crippen molar-refractivity contribution in [1.29, 1.82) is 0 Å². The maximum absolute atomic E-state index is 13.7. The molecule has 2 aromatic carbocycles. The Morgan fingerprint density at radius 1 is 1.22 bits per heavy atom. The van der Waals surface area contributed by atoms with Gasteiger partial charge in [-0.1, -0.05) is 36.4 Å². The lowest BCUT2D eigenvalue weighted by Gasteiger charge is -2.42. The second-order valence-corrected chi connectivity index (χ2v) is 7.10. The van der Waals surface area contributed by atoms with E-state index in [1.165, 1.54) is 17.7 Å². The molecule has 3 rings (SSSR count). The molecule has 1 aliphatic heterocycles. The van der Waals surface area contributed by atoms with Gasteiger partial charge in [0.05, 0.1) is 6.42 Å². The summed E-state index contributed by atoms with van der Waals surface area (Å²) in [6.07, 6.45) is 2.00. The predicted molar refractivity (Wildman–Crippen MR) is 104 cm³/mol. The summed E-state index contributed by atoms with van der Waals surface area (Å²) in [5.41, 5.74) is 1.79. The van der Waals surface area contributed by atoms with Gasteiger partial charge in [0.2, 0.25) is 5.91 Å². The third kappa shape index (κ3) is 4.80. The first-order valence-corrected chi connectivity index (χ1v) is 9.37. The summed E-state index contributed by atoms with van der Waals surface area (Å²) in [6, 6.07) is 16.6. The van der Waals surface area contributed by atoms with Crippen LogP contribution in [0.4, 0.5) is 10.1 Å². The quantitative estimate of drug-likeness (QED) is 0.575. The molecule has 0 bridgehead atoms.